The lowest BCUT2D eigenvalue weighted by Gasteiger charge is -2.19. The third kappa shape index (κ3) is 8.52. The van der Waals surface area contributed by atoms with Crippen LogP contribution in [-0.2, 0) is 0 Å². The normalized spacial score (nSPS) is 15.4. The smallest absolute Gasteiger partial charge is 0.0431 e. The van der Waals surface area contributed by atoms with Crippen LogP contribution in [0.25, 0.3) is 0 Å². The molecule has 0 aliphatic rings. The van der Waals surface area contributed by atoms with Gasteiger partial charge in [0.15, 0.2) is 0 Å². The van der Waals surface area contributed by atoms with Crippen LogP contribution in [0.2, 0.25) is 0 Å². The van der Waals surface area contributed by atoms with Crippen LogP contribution in [-0.4, -0.2) is 23.8 Å². The highest BCUT2D eigenvalue weighted by molar-refractivity contribution is 4.67. The molecule has 0 aliphatic carbocycles. The third-order valence-electron chi connectivity index (χ3n) is 2.60. The zero-order valence-electron chi connectivity index (χ0n) is 10.1. The van der Waals surface area contributed by atoms with Crippen LogP contribution >= 0.6 is 0 Å². The van der Waals surface area contributed by atoms with Crippen LogP contribution < -0.4 is 5.32 Å². The Labute approximate surface area is 89.1 Å². The van der Waals surface area contributed by atoms with E-state index in [0.717, 1.165) is 12.8 Å². The van der Waals surface area contributed by atoms with E-state index in [2.05, 4.69) is 26.1 Å². The lowest BCUT2D eigenvalue weighted by atomic mass is 10.1. The van der Waals surface area contributed by atoms with E-state index < -0.39 is 0 Å². The second kappa shape index (κ2) is 9.47. The summed E-state index contributed by atoms with van der Waals surface area (Å²) in [4.78, 5) is 0. The fraction of sp³-hybridized carbons (Fsp3) is 1.00. The van der Waals surface area contributed by atoms with Crippen LogP contribution in [0, 0.1) is 0 Å². The predicted molar refractivity (Wildman–Crippen MR) is 62.5 cm³/mol. The number of rotatable bonds is 9. The quantitative estimate of drug-likeness (QED) is 0.562. The molecule has 0 aliphatic heterocycles. The van der Waals surface area contributed by atoms with Crippen molar-refractivity contribution in [3.05, 3.63) is 0 Å². The molecule has 0 spiro atoms. The van der Waals surface area contributed by atoms with Crippen LogP contribution in [0.1, 0.15) is 59.3 Å². The predicted octanol–water partition coefficient (Wildman–Crippen LogP) is 2.71. The van der Waals surface area contributed by atoms with Gasteiger partial charge in [0.1, 0.15) is 0 Å². The molecule has 0 saturated heterocycles. The molecular formula is C12H27NO. The van der Waals surface area contributed by atoms with Gasteiger partial charge in [0.2, 0.25) is 0 Å². The van der Waals surface area contributed by atoms with Crippen LogP contribution in [0.5, 0.6) is 0 Å². The highest BCUT2D eigenvalue weighted by Gasteiger charge is 2.06. The van der Waals surface area contributed by atoms with Crippen LogP contribution in [0.3, 0.4) is 0 Å². The van der Waals surface area contributed by atoms with Crippen molar-refractivity contribution in [1.29, 1.82) is 0 Å². The van der Waals surface area contributed by atoms with E-state index in [-0.39, 0.29) is 0 Å². The summed E-state index contributed by atoms with van der Waals surface area (Å²) in [5.41, 5.74) is 0. The summed E-state index contributed by atoms with van der Waals surface area (Å²) in [6.07, 6.45) is 7.24. The van der Waals surface area contributed by atoms with Crippen molar-refractivity contribution in [3.63, 3.8) is 0 Å². The third-order valence-corrected chi connectivity index (χ3v) is 2.60. The summed E-state index contributed by atoms with van der Waals surface area (Å²) >= 11 is 0. The molecule has 14 heavy (non-hydrogen) atoms. The van der Waals surface area contributed by atoms with Gasteiger partial charge in [0.25, 0.3) is 0 Å². The van der Waals surface area contributed by atoms with E-state index >= 15 is 0 Å². The van der Waals surface area contributed by atoms with Crippen molar-refractivity contribution >= 4 is 0 Å². The molecule has 0 saturated carbocycles. The molecule has 2 atom stereocenters. The van der Waals surface area contributed by atoms with E-state index in [1.807, 2.05) is 0 Å². The number of hydrogen-bond acceptors (Lipinski definition) is 2. The molecule has 0 aromatic heterocycles. The molecule has 0 amide bonds. The van der Waals surface area contributed by atoms with E-state index in [1.165, 1.54) is 25.7 Å². The first kappa shape index (κ1) is 13.9. The topological polar surface area (TPSA) is 32.3 Å². The van der Waals surface area contributed by atoms with Gasteiger partial charge in [-0.1, -0.05) is 26.2 Å². The first-order valence-corrected chi connectivity index (χ1v) is 6.07. The molecule has 0 aromatic rings. The molecule has 0 aromatic carbocycles. The first-order chi connectivity index (χ1) is 6.70. The number of hydrogen-bond donors (Lipinski definition) is 2. The number of unbranched alkanes of at least 4 members (excludes halogenated alkanes) is 2. The maximum atomic E-state index is 8.69. The molecular weight excluding hydrogens is 174 g/mol. The van der Waals surface area contributed by atoms with Gasteiger partial charge in [-0.15, -0.1) is 0 Å². The second-order valence-electron chi connectivity index (χ2n) is 4.33. The van der Waals surface area contributed by atoms with Crippen molar-refractivity contribution in [3.8, 4) is 0 Å². The largest absolute Gasteiger partial charge is 0.396 e. The van der Waals surface area contributed by atoms with Crippen LogP contribution in [0.15, 0.2) is 0 Å². The van der Waals surface area contributed by atoms with Gasteiger partial charge in [-0.05, 0) is 33.1 Å². The Balaban J connectivity index is 3.35. The van der Waals surface area contributed by atoms with Gasteiger partial charge in [0.05, 0.1) is 0 Å². The Morgan fingerprint density at radius 1 is 1.00 bits per heavy atom. The molecule has 0 unspecified atom stereocenters. The molecule has 0 radical (unpaired) electrons. The summed E-state index contributed by atoms with van der Waals surface area (Å²) in [6, 6.07) is 1.16. The van der Waals surface area contributed by atoms with Crippen molar-refractivity contribution in [2.75, 3.05) is 6.61 Å². The molecule has 0 heterocycles. The van der Waals surface area contributed by atoms with Gasteiger partial charge >= 0.3 is 0 Å². The molecule has 86 valence electrons. The average Bonchev–Trinajstić information content (AvgIpc) is 2.15. The number of aliphatic hydroxyl groups is 1. The number of nitrogens with one attached hydrogen (secondary N) is 1. The monoisotopic (exact) mass is 201 g/mol. The molecule has 2 N–H and O–H groups in total. The summed E-state index contributed by atoms with van der Waals surface area (Å²) in [7, 11) is 0. The summed E-state index contributed by atoms with van der Waals surface area (Å²) in [6.45, 7) is 7.01. The SMILES string of the molecule is CCCCC[C@H](C)N[C@@H](C)CCCO. The molecule has 0 rings (SSSR count). The Morgan fingerprint density at radius 2 is 1.57 bits per heavy atom. The maximum absolute atomic E-state index is 8.69. The van der Waals surface area contributed by atoms with Gasteiger partial charge < -0.3 is 10.4 Å². The van der Waals surface area contributed by atoms with Crippen molar-refractivity contribution in [2.24, 2.45) is 0 Å². The summed E-state index contributed by atoms with van der Waals surface area (Å²) in [5, 5.41) is 12.3. The lowest BCUT2D eigenvalue weighted by Crippen LogP contribution is -2.34. The fourth-order valence-corrected chi connectivity index (χ4v) is 1.75. The van der Waals surface area contributed by atoms with Crippen molar-refractivity contribution < 1.29 is 5.11 Å². The Morgan fingerprint density at radius 3 is 2.07 bits per heavy atom. The van der Waals surface area contributed by atoms with Crippen molar-refractivity contribution in [1.82, 2.24) is 5.32 Å². The zero-order chi connectivity index (χ0) is 10.8. The Kier molecular flexibility index (Phi) is 9.42. The standard InChI is InChI=1S/C12H27NO/c1-4-5-6-8-11(2)13-12(3)9-7-10-14/h11-14H,4-10H2,1-3H3/t11-,12-/m0/s1. The van der Waals surface area contributed by atoms with E-state index in [1.54, 1.807) is 0 Å². The minimum atomic E-state index is 0.316. The Hall–Kier alpha value is -0.0800. The summed E-state index contributed by atoms with van der Waals surface area (Å²) in [5.74, 6) is 0. The van der Waals surface area contributed by atoms with Gasteiger partial charge in [-0.25, -0.2) is 0 Å². The zero-order valence-corrected chi connectivity index (χ0v) is 10.1. The maximum Gasteiger partial charge on any atom is 0.0431 e. The lowest BCUT2D eigenvalue weighted by molar-refractivity contribution is 0.273. The molecule has 2 heteroatoms. The van der Waals surface area contributed by atoms with Gasteiger partial charge in [-0.2, -0.15) is 0 Å². The average molecular weight is 201 g/mol. The minimum absolute atomic E-state index is 0.316. The molecule has 2 nitrogen and oxygen atoms in total. The van der Waals surface area contributed by atoms with Gasteiger partial charge in [0, 0.05) is 18.7 Å². The second-order valence-corrected chi connectivity index (χ2v) is 4.33. The summed E-state index contributed by atoms with van der Waals surface area (Å²) < 4.78 is 0. The van der Waals surface area contributed by atoms with E-state index in [0.29, 0.717) is 18.7 Å². The fourth-order valence-electron chi connectivity index (χ4n) is 1.75. The highest BCUT2D eigenvalue weighted by Crippen LogP contribution is 2.05. The van der Waals surface area contributed by atoms with Crippen molar-refractivity contribution in [2.45, 2.75) is 71.4 Å². The van der Waals surface area contributed by atoms with Gasteiger partial charge in [-0.3, -0.25) is 0 Å². The minimum Gasteiger partial charge on any atom is -0.396 e. The van der Waals surface area contributed by atoms with E-state index in [4.69, 9.17) is 5.11 Å². The van der Waals surface area contributed by atoms with E-state index in [9.17, 15) is 0 Å². The molecule has 0 fully saturated rings. The van der Waals surface area contributed by atoms with Crippen LogP contribution in [0.4, 0.5) is 0 Å². The number of aliphatic hydroxyl groups excluding tert-OH is 1. The molecule has 0 bridgehead atoms. The Bertz CT molecular complexity index is 117. The first-order valence-electron chi connectivity index (χ1n) is 6.07. The highest BCUT2D eigenvalue weighted by atomic mass is 16.2.